The Morgan fingerprint density at radius 3 is 2.64 bits per heavy atom. The van der Waals surface area contributed by atoms with Gasteiger partial charge in [-0.3, -0.25) is 4.79 Å². The predicted octanol–water partition coefficient (Wildman–Crippen LogP) is 4.99. The molecule has 2 aromatic carbocycles. The standard InChI is InChI=1S/C27H21N5O2S2/c1-3-34-21-12-11-18(14-17(21)2)24-19(16-31(29-24)20-8-5-4-6-9-20)15-23-26(33)32-27(36-23)28-25(30-32)22-10-7-13-35-22/h4-16H,3H2,1-2H3/b23-15+. The maximum atomic E-state index is 13.2. The summed E-state index contributed by atoms with van der Waals surface area (Å²) >= 11 is 2.88. The van der Waals surface area contributed by atoms with Gasteiger partial charge in [0.2, 0.25) is 4.96 Å². The maximum Gasteiger partial charge on any atom is 0.291 e. The summed E-state index contributed by atoms with van der Waals surface area (Å²) in [6.07, 6.45) is 3.82. The van der Waals surface area contributed by atoms with Crippen LogP contribution < -0.4 is 14.8 Å². The molecule has 4 heterocycles. The number of ether oxygens (including phenoxy) is 1. The topological polar surface area (TPSA) is 74.3 Å². The molecular weight excluding hydrogens is 490 g/mol. The van der Waals surface area contributed by atoms with Crippen molar-refractivity contribution in [3.05, 3.63) is 98.3 Å². The van der Waals surface area contributed by atoms with Crippen LogP contribution in [0, 0.1) is 6.92 Å². The Balaban J connectivity index is 1.49. The molecule has 6 aromatic rings. The van der Waals surface area contributed by atoms with Crippen LogP contribution in [0.3, 0.4) is 0 Å². The highest BCUT2D eigenvalue weighted by molar-refractivity contribution is 7.15. The van der Waals surface area contributed by atoms with Gasteiger partial charge in [0.1, 0.15) is 11.4 Å². The zero-order chi connectivity index (χ0) is 24.6. The molecule has 0 saturated carbocycles. The summed E-state index contributed by atoms with van der Waals surface area (Å²) in [4.78, 5) is 19.3. The Morgan fingerprint density at radius 1 is 1.06 bits per heavy atom. The predicted molar refractivity (Wildman–Crippen MR) is 144 cm³/mol. The Labute approximate surface area is 214 Å². The minimum Gasteiger partial charge on any atom is -0.494 e. The van der Waals surface area contributed by atoms with Gasteiger partial charge in [-0.1, -0.05) is 35.6 Å². The van der Waals surface area contributed by atoms with Crippen molar-refractivity contribution in [3.8, 4) is 33.4 Å². The van der Waals surface area contributed by atoms with Crippen molar-refractivity contribution in [2.45, 2.75) is 13.8 Å². The minimum atomic E-state index is -0.188. The maximum absolute atomic E-state index is 13.2. The van der Waals surface area contributed by atoms with Crippen LogP contribution in [0.4, 0.5) is 0 Å². The van der Waals surface area contributed by atoms with Gasteiger partial charge < -0.3 is 4.74 Å². The molecule has 4 aromatic heterocycles. The molecule has 0 radical (unpaired) electrons. The highest BCUT2D eigenvalue weighted by Crippen LogP contribution is 2.29. The van der Waals surface area contributed by atoms with Crippen LogP contribution in [0.25, 0.3) is 38.7 Å². The van der Waals surface area contributed by atoms with E-state index >= 15 is 0 Å². The van der Waals surface area contributed by atoms with Crippen molar-refractivity contribution in [2.24, 2.45) is 0 Å². The molecule has 0 unspecified atom stereocenters. The molecule has 0 amide bonds. The van der Waals surface area contributed by atoms with Crippen LogP contribution in [0.15, 0.2) is 77.0 Å². The third-order valence-corrected chi connectivity index (χ3v) is 7.55. The average molecular weight is 512 g/mol. The van der Waals surface area contributed by atoms with E-state index in [1.165, 1.54) is 15.9 Å². The van der Waals surface area contributed by atoms with E-state index in [4.69, 9.17) is 9.84 Å². The molecule has 0 N–H and O–H groups in total. The summed E-state index contributed by atoms with van der Waals surface area (Å²) in [5.41, 5.74) is 4.34. The lowest BCUT2D eigenvalue weighted by Gasteiger charge is -2.08. The number of nitrogens with zero attached hydrogens (tertiary/aromatic N) is 5. The first-order valence-electron chi connectivity index (χ1n) is 11.4. The van der Waals surface area contributed by atoms with Crippen LogP contribution in [0.2, 0.25) is 0 Å². The third kappa shape index (κ3) is 4.02. The van der Waals surface area contributed by atoms with Crippen LogP contribution >= 0.6 is 22.7 Å². The van der Waals surface area contributed by atoms with E-state index in [0.29, 0.717) is 21.9 Å². The number of aryl methyl sites for hydroxylation is 1. The number of aromatic nitrogens is 5. The summed E-state index contributed by atoms with van der Waals surface area (Å²) in [7, 11) is 0. The van der Waals surface area contributed by atoms with E-state index < -0.39 is 0 Å². The molecular formula is C27H21N5O2S2. The van der Waals surface area contributed by atoms with Gasteiger partial charge in [-0.2, -0.15) is 14.6 Å². The Hall–Kier alpha value is -4.08. The molecule has 0 saturated heterocycles. The molecule has 0 spiro atoms. The fourth-order valence-corrected chi connectivity index (χ4v) is 5.58. The van der Waals surface area contributed by atoms with Crippen molar-refractivity contribution in [1.29, 1.82) is 0 Å². The second-order valence-electron chi connectivity index (χ2n) is 8.15. The van der Waals surface area contributed by atoms with Gasteiger partial charge in [0.15, 0.2) is 5.82 Å². The summed E-state index contributed by atoms with van der Waals surface area (Å²) in [5, 5.41) is 11.3. The van der Waals surface area contributed by atoms with E-state index in [1.54, 1.807) is 11.3 Å². The fraction of sp³-hybridized carbons (Fsp3) is 0.111. The summed E-state index contributed by atoms with van der Waals surface area (Å²) in [6.45, 7) is 4.60. The monoisotopic (exact) mass is 511 g/mol. The second-order valence-corrected chi connectivity index (χ2v) is 10.1. The largest absolute Gasteiger partial charge is 0.494 e. The summed E-state index contributed by atoms with van der Waals surface area (Å²) in [5.74, 6) is 1.42. The lowest BCUT2D eigenvalue weighted by Crippen LogP contribution is -2.23. The minimum absolute atomic E-state index is 0.188. The molecule has 0 aliphatic heterocycles. The molecule has 36 heavy (non-hydrogen) atoms. The number of rotatable bonds is 6. The zero-order valence-electron chi connectivity index (χ0n) is 19.6. The number of benzene rings is 2. The van der Waals surface area contributed by atoms with E-state index in [1.807, 2.05) is 90.8 Å². The first-order chi connectivity index (χ1) is 17.6. The number of fused-ring (bicyclic) bond motifs is 1. The molecule has 178 valence electrons. The first kappa shape index (κ1) is 22.4. The number of hydrogen-bond donors (Lipinski definition) is 0. The van der Waals surface area contributed by atoms with E-state index in [9.17, 15) is 4.79 Å². The van der Waals surface area contributed by atoms with Gasteiger partial charge in [0.25, 0.3) is 5.56 Å². The number of thiazole rings is 1. The van der Waals surface area contributed by atoms with Crippen LogP contribution in [-0.4, -0.2) is 31.0 Å². The molecule has 6 rings (SSSR count). The van der Waals surface area contributed by atoms with Crippen LogP contribution in [-0.2, 0) is 0 Å². The second kappa shape index (κ2) is 9.18. The van der Waals surface area contributed by atoms with Crippen LogP contribution in [0.1, 0.15) is 18.1 Å². The fourth-order valence-electron chi connectivity index (χ4n) is 4.03. The van der Waals surface area contributed by atoms with Crippen LogP contribution in [0.5, 0.6) is 5.75 Å². The Morgan fingerprint density at radius 2 is 1.92 bits per heavy atom. The number of hydrogen-bond acceptors (Lipinski definition) is 7. The lowest BCUT2D eigenvalue weighted by atomic mass is 10.0. The average Bonchev–Trinajstić information content (AvgIpc) is 3.68. The van der Waals surface area contributed by atoms with Gasteiger partial charge in [-0.15, -0.1) is 16.4 Å². The smallest absolute Gasteiger partial charge is 0.291 e. The van der Waals surface area contributed by atoms with Gasteiger partial charge in [0, 0.05) is 17.3 Å². The van der Waals surface area contributed by atoms with Gasteiger partial charge in [-0.05, 0) is 67.3 Å². The van der Waals surface area contributed by atoms with Gasteiger partial charge in [-0.25, -0.2) is 4.68 Å². The summed E-state index contributed by atoms with van der Waals surface area (Å²) < 4.78 is 9.49. The Bertz CT molecular complexity index is 1780. The first-order valence-corrected chi connectivity index (χ1v) is 13.1. The highest BCUT2D eigenvalue weighted by Gasteiger charge is 2.16. The molecule has 0 aliphatic rings. The van der Waals surface area contributed by atoms with E-state index in [2.05, 4.69) is 16.1 Å². The van der Waals surface area contributed by atoms with Crippen molar-refractivity contribution in [2.75, 3.05) is 6.61 Å². The SMILES string of the molecule is CCOc1ccc(-c2nn(-c3ccccc3)cc2/C=c2/sc3nc(-c4cccs4)nn3c2=O)cc1C. The third-order valence-electron chi connectivity index (χ3n) is 5.72. The molecule has 9 heteroatoms. The highest BCUT2D eigenvalue weighted by atomic mass is 32.1. The van der Waals surface area contributed by atoms with Gasteiger partial charge >= 0.3 is 0 Å². The molecule has 0 atom stereocenters. The zero-order valence-corrected chi connectivity index (χ0v) is 21.2. The molecule has 0 fully saturated rings. The molecule has 7 nitrogen and oxygen atoms in total. The van der Waals surface area contributed by atoms with Crippen molar-refractivity contribution in [3.63, 3.8) is 0 Å². The van der Waals surface area contributed by atoms with Crippen molar-refractivity contribution < 1.29 is 4.74 Å². The number of para-hydroxylation sites is 1. The normalized spacial score (nSPS) is 12.0. The van der Waals surface area contributed by atoms with E-state index in [-0.39, 0.29) is 5.56 Å². The Kier molecular flexibility index (Phi) is 5.71. The quantitative estimate of drug-likeness (QED) is 0.315. The van der Waals surface area contributed by atoms with Crippen molar-refractivity contribution >= 4 is 33.7 Å². The lowest BCUT2D eigenvalue weighted by molar-refractivity contribution is 0.338. The molecule has 0 aliphatic carbocycles. The summed E-state index contributed by atoms with van der Waals surface area (Å²) in [6, 6.07) is 19.8. The molecule has 0 bridgehead atoms. The van der Waals surface area contributed by atoms with E-state index in [0.717, 1.165) is 38.7 Å². The van der Waals surface area contributed by atoms with Gasteiger partial charge in [0.05, 0.1) is 21.7 Å². The van der Waals surface area contributed by atoms with Crippen molar-refractivity contribution in [1.82, 2.24) is 24.4 Å². The number of thiophene rings is 1.